The molecule has 0 unspecified atom stereocenters. The van der Waals surface area contributed by atoms with Crippen LogP contribution in [0.3, 0.4) is 0 Å². The monoisotopic (exact) mass is 593 g/mol. The number of esters is 1. The van der Waals surface area contributed by atoms with E-state index in [4.69, 9.17) is 0 Å². The van der Waals surface area contributed by atoms with Crippen LogP contribution >= 0.6 is 11.3 Å². The van der Waals surface area contributed by atoms with E-state index in [1.165, 1.54) is 7.11 Å². The van der Waals surface area contributed by atoms with Crippen molar-refractivity contribution >= 4 is 50.8 Å². The zero-order chi connectivity index (χ0) is 30.1. The highest BCUT2D eigenvalue weighted by atomic mass is 32.1. The summed E-state index contributed by atoms with van der Waals surface area (Å²) in [6, 6.07) is 11.8. The molecule has 2 amide bonds. The molecule has 226 valence electrons. The van der Waals surface area contributed by atoms with Gasteiger partial charge < -0.3 is 19.5 Å². The number of hydrogen-bond donors (Lipinski definition) is 1. The Bertz CT molecular complexity index is 1390. The van der Waals surface area contributed by atoms with Crippen molar-refractivity contribution in [1.82, 2.24) is 9.88 Å². The van der Waals surface area contributed by atoms with E-state index in [2.05, 4.69) is 10.1 Å². The number of fused-ring (bicyclic) bond motifs is 1. The average Bonchev–Trinajstić information content (AvgIpc) is 3.58. The zero-order valence-corrected chi connectivity index (χ0v) is 25.8. The van der Waals surface area contributed by atoms with E-state index in [9.17, 15) is 19.2 Å². The van der Waals surface area contributed by atoms with Gasteiger partial charge in [-0.05, 0) is 93.5 Å². The Morgan fingerprint density at radius 3 is 2.55 bits per heavy atom. The van der Waals surface area contributed by atoms with Crippen molar-refractivity contribution in [2.24, 2.45) is 11.8 Å². The van der Waals surface area contributed by atoms with Gasteiger partial charge in [-0.25, -0.2) is 0 Å². The van der Waals surface area contributed by atoms with Crippen LogP contribution in [0.1, 0.15) is 80.8 Å². The van der Waals surface area contributed by atoms with Gasteiger partial charge in [0.2, 0.25) is 11.8 Å². The second-order valence-electron chi connectivity index (χ2n) is 11.3. The molecule has 0 aliphatic heterocycles. The Hall–Kier alpha value is -3.46. The van der Waals surface area contributed by atoms with E-state index in [1.807, 2.05) is 60.2 Å². The molecule has 1 aliphatic carbocycles. The van der Waals surface area contributed by atoms with E-state index < -0.39 is 0 Å². The van der Waals surface area contributed by atoms with Crippen LogP contribution in [-0.4, -0.2) is 48.3 Å². The van der Waals surface area contributed by atoms with Gasteiger partial charge >= 0.3 is 5.97 Å². The van der Waals surface area contributed by atoms with Crippen LogP contribution in [0.2, 0.25) is 0 Å². The molecule has 8 nitrogen and oxygen atoms in total. The lowest BCUT2D eigenvalue weighted by molar-refractivity contribution is -0.140. The van der Waals surface area contributed by atoms with Gasteiger partial charge in [0.1, 0.15) is 6.54 Å². The Morgan fingerprint density at radius 2 is 1.83 bits per heavy atom. The van der Waals surface area contributed by atoms with Gasteiger partial charge in [0.05, 0.1) is 23.0 Å². The first kappa shape index (κ1) is 31.5. The van der Waals surface area contributed by atoms with Gasteiger partial charge in [-0.3, -0.25) is 19.2 Å². The average molecular weight is 594 g/mol. The molecular weight excluding hydrogens is 550 g/mol. The molecule has 0 radical (unpaired) electrons. The number of amides is 2. The van der Waals surface area contributed by atoms with E-state index in [0.29, 0.717) is 31.6 Å². The molecule has 1 aromatic carbocycles. The molecule has 1 fully saturated rings. The van der Waals surface area contributed by atoms with Crippen molar-refractivity contribution in [2.45, 2.75) is 78.2 Å². The van der Waals surface area contributed by atoms with Crippen molar-refractivity contribution < 1.29 is 23.9 Å². The maximum atomic E-state index is 13.6. The lowest BCUT2D eigenvalue weighted by atomic mass is 9.79. The van der Waals surface area contributed by atoms with Crippen LogP contribution in [0.25, 0.3) is 10.2 Å². The zero-order valence-electron chi connectivity index (χ0n) is 25.0. The van der Waals surface area contributed by atoms with Crippen molar-refractivity contribution in [3.8, 4) is 0 Å². The van der Waals surface area contributed by atoms with Crippen molar-refractivity contribution in [2.75, 3.05) is 25.1 Å². The van der Waals surface area contributed by atoms with Gasteiger partial charge in [-0.15, -0.1) is 11.3 Å². The maximum Gasteiger partial charge on any atom is 0.305 e. The lowest BCUT2D eigenvalue weighted by Crippen LogP contribution is -2.35. The van der Waals surface area contributed by atoms with E-state index in [0.717, 1.165) is 66.4 Å². The minimum atomic E-state index is -0.197. The molecule has 0 bridgehead atoms. The summed E-state index contributed by atoms with van der Waals surface area (Å²) in [5, 5.41) is 5.03. The number of rotatable bonds is 14. The molecule has 1 saturated carbocycles. The number of hydrogen-bond acceptors (Lipinski definition) is 6. The molecule has 2 aromatic heterocycles. The predicted octanol–water partition coefficient (Wildman–Crippen LogP) is 6.29. The highest BCUT2D eigenvalue weighted by Gasteiger charge is 2.29. The summed E-state index contributed by atoms with van der Waals surface area (Å²) in [7, 11) is 1.39. The van der Waals surface area contributed by atoms with Crippen LogP contribution in [0.15, 0.2) is 41.8 Å². The molecule has 0 atom stereocenters. The maximum absolute atomic E-state index is 13.6. The SMILES string of the molecule is CCN(C(=O)Cn1c(C(=O)CC2CCC(C(=O)NCCCCCC(=O)OC)CC2)cc2sccc21)c1cccc(C)c1. The summed E-state index contributed by atoms with van der Waals surface area (Å²) in [5.74, 6) is 0.128. The molecule has 0 spiro atoms. The normalized spacial score (nSPS) is 16.7. The number of Topliss-reactive ketones (excluding diaryl/α,β-unsaturated/α-hetero) is 1. The first-order chi connectivity index (χ1) is 20.3. The molecule has 1 N–H and O–H groups in total. The number of anilines is 1. The van der Waals surface area contributed by atoms with Crippen LogP contribution in [0.4, 0.5) is 5.69 Å². The fourth-order valence-electron chi connectivity index (χ4n) is 5.92. The molecule has 42 heavy (non-hydrogen) atoms. The number of carbonyl (C=O) groups excluding carboxylic acids is 4. The Kier molecular flexibility index (Phi) is 11.3. The second kappa shape index (κ2) is 15.1. The third kappa shape index (κ3) is 8.09. The second-order valence-corrected chi connectivity index (χ2v) is 12.2. The van der Waals surface area contributed by atoms with Gasteiger partial charge in [0.15, 0.2) is 5.78 Å². The van der Waals surface area contributed by atoms with Crippen molar-refractivity contribution in [3.63, 3.8) is 0 Å². The van der Waals surface area contributed by atoms with Crippen LogP contribution in [-0.2, 0) is 25.7 Å². The highest BCUT2D eigenvalue weighted by molar-refractivity contribution is 7.17. The molecule has 4 rings (SSSR count). The first-order valence-electron chi connectivity index (χ1n) is 15.1. The quantitative estimate of drug-likeness (QED) is 0.135. The third-order valence-corrected chi connectivity index (χ3v) is 9.16. The number of benzene rings is 1. The van der Waals surface area contributed by atoms with E-state index in [-0.39, 0.29) is 41.9 Å². The lowest BCUT2D eigenvalue weighted by Gasteiger charge is -2.27. The smallest absolute Gasteiger partial charge is 0.305 e. The Balaban J connectivity index is 1.30. The number of carbonyl (C=O) groups is 4. The minimum absolute atomic E-state index is 0.0140. The number of ketones is 1. The highest BCUT2D eigenvalue weighted by Crippen LogP contribution is 2.33. The van der Waals surface area contributed by atoms with Gasteiger partial charge in [0, 0.05) is 37.5 Å². The number of likely N-dealkylation sites (N-methyl/N-ethyl adjacent to an activating group) is 1. The standard InChI is InChI=1S/C33H43N3O5S/c1-4-35(26-10-8-9-23(2)19-26)31(38)22-36-27-16-18-42-30(27)21-28(36)29(37)20-24-12-14-25(15-13-24)33(40)34-17-7-5-6-11-32(39)41-3/h8-10,16,18-19,21,24-25H,4-7,11-15,17,20,22H2,1-3H3,(H,34,40). The predicted molar refractivity (Wildman–Crippen MR) is 167 cm³/mol. The largest absolute Gasteiger partial charge is 0.469 e. The summed E-state index contributed by atoms with van der Waals surface area (Å²) >= 11 is 1.58. The number of nitrogens with one attached hydrogen (secondary N) is 1. The topological polar surface area (TPSA) is 97.7 Å². The number of methoxy groups -OCH3 is 1. The number of thiophene rings is 1. The van der Waals surface area contributed by atoms with Crippen molar-refractivity contribution in [1.29, 1.82) is 0 Å². The summed E-state index contributed by atoms with van der Waals surface area (Å²) in [6.07, 6.45) is 6.56. The number of unbranched alkanes of at least 4 members (excludes halogenated alkanes) is 2. The molecule has 9 heteroatoms. The number of ether oxygens (including phenoxy) is 1. The van der Waals surface area contributed by atoms with Gasteiger partial charge in [-0.1, -0.05) is 18.6 Å². The van der Waals surface area contributed by atoms with Gasteiger partial charge in [-0.2, -0.15) is 0 Å². The van der Waals surface area contributed by atoms with E-state index in [1.54, 1.807) is 16.2 Å². The van der Waals surface area contributed by atoms with Gasteiger partial charge in [0.25, 0.3) is 0 Å². The van der Waals surface area contributed by atoms with Crippen LogP contribution in [0.5, 0.6) is 0 Å². The Morgan fingerprint density at radius 1 is 1.05 bits per heavy atom. The summed E-state index contributed by atoms with van der Waals surface area (Å²) < 4.78 is 7.55. The summed E-state index contributed by atoms with van der Waals surface area (Å²) in [6.45, 7) is 5.25. The fraction of sp³-hybridized carbons (Fsp3) is 0.515. The van der Waals surface area contributed by atoms with Crippen molar-refractivity contribution in [3.05, 3.63) is 53.0 Å². The van der Waals surface area contributed by atoms with Crippen LogP contribution in [0, 0.1) is 18.8 Å². The third-order valence-electron chi connectivity index (χ3n) is 8.31. The molecule has 3 aromatic rings. The van der Waals surface area contributed by atoms with Crippen LogP contribution < -0.4 is 10.2 Å². The first-order valence-corrected chi connectivity index (χ1v) is 16.0. The Labute approximate surface area is 252 Å². The molecule has 2 heterocycles. The fourth-order valence-corrected chi connectivity index (χ4v) is 6.74. The number of aromatic nitrogens is 1. The van der Waals surface area contributed by atoms with E-state index >= 15 is 0 Å². The summed E-state index contributed by atoms with van der Waals surface area (Å²) in [5.41, 5.74) is 3.47. The minimum Gasteiger partial charge on any atom is -0.469 e. The molecule has 0 saturated heterocycles. The molecular formula is C33H43N3O5S. The number of nitrogens with zero attached hydrogens (tertiary/aromatic N) is 2. The number of aryl methyl sites for hydroxylation is 1. The summed E-state index contributed by atoms with van der Waals surface area (Å²) in [4.78, 5) is 52.7. The molecule has 1 aliphatic rings.